The maximum Gasteiger partial charge on any atom is 0.0702 e. The van der Waals surface area contributed by atoms with Crippen LogP contribution in [-0.2, 0) is 0 Å². The molecule has 9 aromatic rings. The number of hydrogen-bond acceptors (Lipinski definition) is 4. The number of hydrogen-bond donors (Lipinski definition) is 0. The summed E-state index contributed by atoms with van der Waals surface area (Å²) in [6.07, 6.45) is 7.36. The van der Waals surface area contributed by atoms with Crippen LogP contribution in [0, 0.1) is 0 Å². The van der Waals surface area contributed by atoms with Crippen molar-refractivity contribution in [2.45, 2.75) is 0 Å². The number of pyridine rings is 4. The maximum absolute atomic E-state index is 4.67. The van der Waals surface area contributed by atoms with Crippen LogP contribution >= 0.6 is 0 Å². The van der Waals surface area contributed by atoms with Crippen molar-refractivity contribution in [2.75, 3.05) is 0 Å². The summed E-state index contributed by atoms with van der Waals surface area (Å²) in [6.45, 7) is 0. The SMILES string of the molecule is c1ccc(-c2cc(-c3ccc4ccc5ccc(-c6cc(-c7ccccn7)cc(-c7ccccn7)c6)cc5c4c3)cc(-c3ccccn3)c2)nc1. The monoisotopic (exact) mass is 638 g/mol. The minimum atomic E-state index is 0.931. The van der Waals surface area contributed by atoms with Crippen molar-refractivity contribution in [3.05, 3.63) is 183 Å². The summed E-state index contributed by atoms with van der Waals surface area (Å²) >= 11 is 0. The Morgan fingerprint density at radius 2 is 0.540 bits per heavy atom. The molecule has 5 aromatic carbocycles. The quantitative estimate of drug-likeness (QED) is 0.170. The molecular formula is C46H30N4. The first kappa shape index (κ1) is 29.4. The first-order valence-electron chi connectivity index (χ1n) is 16.7. The smallest absolute Gasteiger partial charge is 0.0702 e. The summed E-state index contributed by atoms with van der Waals surface area (Å²) in [5, 5.41) is 4.80. The van der Waals surface area contributed by atoms with Crippen molar-refractivity contribution in [1.29, 1.82) is 0 Å². The number of nitrogens with zero attached hydrogens (tertiary/aromatic N) is 4. The van der Waals surface area contributed by atoms with Crippen LogP contribution in [0.5, 0.6) is 0 Å². The largest absolute Gasteiger partial charge is 0.256 e. The summed E-state index contributed by atoms with van der Waals surface area (Å²) in [6, 6.07) is 55.4. The maximum atomic E-state index is 4.67. The zero-order valence-electron chi connectivity index (χ0n) is 27.1. The predicted molar refractivity (Wildman–Crippen MR) is 205 cm³/mol. The first-order valence-corrected chi connectivity index (χ1v) is 16.7. The fourth-order valence-corrected chi connectivity index (χ4v) is 6.72. The second-order valence-corrected chi connectivity index (χ2v) is 12.4. The van der Waals surface area contributed by atoms with E-state index < -0.39 is 0 Å². The molecule has 0 aliphatic heterocycles. The van der Waals surface area contributed by atoms with Crippen LogP contribution in [0.2, 0.25) is 0 Å². The highest BCUT2D eigenvalue weighted by Gasteiger charge is 2.13. The van der Waals surface area contributed by atoms with Crippen molar-refractivity contribution in [1.82, 2.24) is 19.9 Å². The third-order valence-corrected chi connectivity index (χ3v) is 9.21. The number of rotatable bonds is 6. The molecule has 4 nitrogen and oxygen atoms in total. The summed E-state index contributed by atoms with van der Waals surface area (Å²) in [5.41, 5.74) is 12.5. The van der Waals surface area contributed by atoms with E-state index in [0.717, 1.165) is 67.3 Å². The molecule has 4 aromatic heterocycles. The van der Waals surface area contributed by atoms with E-state index in [1.165, 1.54) is 21.5 Å². The topological polar surface area (TPSA) is 51.6 Å². The first-order chi connectivity index (χ1) is 24.7. The molecule has 9 rings (SSSR count). The third kappa shape index (κ3) is 5.69. The van der Waals surface area contributed by atoms with Gasteiger partial charge in [0.25, 0.3) is 0 Å². The van der Waals surface area contributed by atoms with Crippen molar-refractivity contribution >= 4 is 21.5 Å². The number of fused-ring (bicyclic) bond motifs is 3. The van der Waals surface area contributed by atoms with Crippen molar-refractivity contribution in [3.63, 3.8) is 0 Å². The van der Waals surface area contributed by atoms with E-state index in [1.807, 2.05) is 73.3 Å². The van der Waals surface area contributed by atoms with Crippen molar-refractivity contribution in [2.24, 2.45) is 0 Å². The highest BCUT2D eigenvalue weighted by atomic mass is 14.7. The Labute approximate surface area is 290 Å². The van der Waals surface area contributed by atoms with Gasteiger partial charge in [0, 0.05) is 47.0 Å². The van der Waals surface area contributed by atoms with Gasteiger partial charge in [0.05, 0.1) is 22.8 Å². The normalized spacial score (nSPS) is 11.2. The van der Waals surface area contributed by atoms with Crippen LogP contribution in [-0.4, -0.2) is 19.9 Å². The van der Waals surface area contributed by atoms with E-state index in [0.29, 0.717) is 0 Å². The Balaban J connectivity index is 1.21. The van der Waals surface area contributed by atoms with E-state index in [2.05, 4.69) is 129 Å². The van der Waals surface area contributed by atoms with Gasteiger partial charge < -0.3 is 0 Å². The molecule has 0 fully saturated rings. The van der Waals surface area contributed by atoms with Gasteiger partial charge in [0.15, 0.2) is 0 Å². The molecule has 0 saturated heterocycles. The van der Waals surface area contributed by atoms with E-state index in [4.69, 9.17) is 0 Å². The van der Waals surface area contributed by atoms with Gasteiger partial charge in [-0.1, -0.05) is 60.7 Å². The summed E-state index contributed by atoms with van der Waals surface area (Å²) in [4.78, 5) is 18.7. The molecule has 0 radical (unpaired) electrons. The lowest BCUT2D eigenvalue weighted by molar-refractivity contribution is 1.31. The number of aromatic nitrogens is 4. The van der Waals surface area contributed by atoms with E-state index in [-0.39, 0.29) is 0 Å². The van der Waals surface area contributed by atoms with Gasteiger partial charge in [-0.2, -0.15) is 0 Å². The third-order valence-electron chi connectivity index (χ3n) is 9.21. The lowest BCUT2D eigenvalue weighted by Gasteiger charge is -2.13. The van der Waals surface area contributed by atoms with Crippen LogP contribution in [0.3, 0.4) is 0 Å². The minimum Gasteiger partial charge on any atom is -0.256 e. The van der Waals surface area contributed by atoms with Gasteiger partial charge >= 0.3 is 0 Å². The van der Waals surface area contributed by atoms with Gasteiger partial charge in [-0.25, -0.2) is 0 Å². The Morgan fingerprint density at radius 1 is 0.240 bits per heavy atom. The van der Waals surface area contributed by atoms with Crippen LogP contribution in [0.25, 0.3) is 88.8 Å². The average Bonchev–Trinajstić information content (AvgIpc) is 3.21. The molecule has 50 heavy (non-hydrogen) atoms. The molecule has 0 N–H and O–H groups in total. The van der Waals surface area contributed by atoms with Crippen molar-refractivity contribution < 1.29 is 0 Å². The standard InChI is InChI=1S/C46H30N4/c1-5-19-47-43(9-1)37-23-35(24-38(27-37)44-10-2-6-20-48-44)33-17-15-31-13-14-32-16-18-34(30-42(32)41(31)29-33)36-25-39(45-11-3-7-21-49-45)28-40(26-36)46-12-4-8-22-50-46/h1-30H. The highest BCUT2D eigenvalue weighted by molar-refractivity contribution is 6.10. The lowest BCUT2D eigenvalue weighted by atomic mass is 9.92. The van der Waals surface area contributed by atoms with Crippen LogP contribution in [0.4, 0.5) is 0 Å². The molecule has 0 aliphatic rings. The van der Waals surface area contributed by atoms with E-state index in [1.54, 1.807) is 0 Å². The van der Waals surface area contributed by atoms with Crippen molar-refractivity contribution in [3.8, 4) is 67.3 Å². The fourth-order valence-electron chi connectivity index (χ4n) is 6.72. The van der Waals surface area contributed by atoms with Gasteiger partial charge in [-0.05, 0) is 141 Å². The Morgan fingerprint density at radius 3 is 0.840 bits per heavy atom. The zero-order valence-corrected chi connectivity index (χ0v) is 27.1. The van der Waals surface area contributed by atoms with Gasteiger partial charge in [0.1, 0.15) is 0 Å². The Kier molecular flexibility index (Phi) is 7.45. The molecule has 0 saturated carbocycles. The molecule has 0 amide bonds. The van der Waals surface area contributed by atoms with Gasteiger partial charge in [-0.15, -0.1) is 0 Å². The van der Waals surface area contributed by atoms with Gasteiger partial charge in [-0.3, -0.25) is 19.9 Å². The molecule has 0 aliphatic carbocycles. The molecule has 0 unspecified atom stereocenters. The predicted octanol–water partition coefficient (Wildman–Crippen LogP) is 11.6. The van der Waals surface area contributed by atoms with E-state index >= 15 is 0 Å². The lowest BCUT2D eigenvalue weighted by Crippen LogP contribution is -1.90. The highest BCUT2D eigenvalue weighted by Crippen LogP contribution is 2.37. The molecule has 4 heteroatoms. The summed E-state index contributed by atoms with van der Waals surface area (Å²) in [5.74, 6) is 0. The Bertz CT molecular complexity index is 2320. The summed E-state index contributed by atoms with van der Waals surface area (Å²) < 4.78 is 0. The fraction of sp³-hybridized carbons (Fsp3) is 0. The molecular weight excluding hydrogens is 609 g/mol. The second kappa shape index (κ2) is 12.7. The number of benzene rings is 5. The summed E-state index contributed by atoms with van der Waals surface area (Å²) in [7, 11) is 0. The average molecular weight is 639 g/mol. The Hall–Kier alpha value is -6.78. The van der Waals surface area contributed by atoms with Gasteiger partial charge in [0.2, 0.25) is 0 Å². The molecule has 0 atom stereocenters. The minimum absolute atomic E-state index is 0.931. The van der Waals surface area contributed by atoms with Crippen LogP contribution in [0.1, 0.15) is 0 Å². The van der Waals surface area contributed by atoms with Crippen LogP contribution < -0.4 is 0 Å². The molecule has 0 spiro atoms. The molecule has 234 valence electrons. The van der Waals surface area contributed by atoms with E-state index in [9.17, 15) is 0 Å². The van der Waals surface area contributed by atoms with Crippen LogP contribution in [0.15, 0.2) is 183 Å². The molecule has 0 bridgehead atoms. The second-order valence-electron chi connectivity index (χ2n) is 12.4. The molecule has 4 heterocycles. The zero-order chi connectivity index (χ0) is 33.3.